The Morgan fingerprint density at radius 3 is 2.70 bits per heavy atom. The first-order chi connectivity index (χ1) is 14.5. The number of aliphatic hydroxyl groups is 1. The maximum absolute atomic E-state index is 12.4. The summed E-state index contributed by atoms with van der Waals surface area (Å²) in [5.74, 6) is -0.748. The highest BCUT2D eigenvalue weighted by Crippen LogP contribution is 2.34. The van der Waals surface area contributed by atoms with Crippen LogP contribution in [0.1, 0.15) is 63.9 Å². The molecule has 30 heavy (non-hydrogen) atoms. The van der Waals surface area contributed by atoms with Gasteiger partial charge in [-0.3, -0.25) is 9.59 Å². The van der Waals surface area contributed by atoms with E-state index in [0.717, 1.165) is 37.7 Å². The highest BCUT2D eigenvalue weighted by molar-refractivity contribution is 5.84. The highest BCUT2D eigenvalue weighted by Gasteiger charge is 2.38. The van der Waals surface area contributed by atoms with Gasteiger partial charge in [0.1, 0.15) is 5.78 Å². The predicted molar refractivity (Wildman–Crippen MR) is 117 cm³/mol. The summed E-state index contributed by atoms with van der Waals surface area (Å²) in [6.07, 6.45) is 9.21. The van der Waals surface area contributed by atoms with Crippen LogP contribution in [0.4, 0.5) is 0 Å². The molecule has 1 aromatic rings. The second-order valence-corrected chi connectivity index (χ2v) is 8.09. The minimum absolute atomic E-state index is 0.0136. The van der Waals surface area contributed by atoms with Crippen LogP contribution in [0.15, 0.2) is 42.5 Å². The van der Waals surface area contributed by atoms with Crippen molar-refractivity contribution in [2.75, 3.05) is 7.11 Å². The highest BCUT2D eigenvalue weighted by atomic mass is 16.5. The summed E-state index contributed by atoms with van der Waals surface area (Å²) in [5, 5.41) is 10.5. The standard InChI is InChI=1S/C25H36O5/c1-3-4-6-11-21(30-18-19-9-7-5-8-10-19)14-12-20-13-15-22(26)25(20)23(27)16-17-24(28)29-2/h5,7-10,12,14,20-21,23,25,27H,3-4,6,11,13,15-18H2,1-2H3/b14-12+/t20-,21?,23?,25+/m1/s1. The quantitative estimate of drug-likeness (QED) is 0.289. The number of aliphatic hydroxyl groups excluding tert-OH is 1. The van der Waals surface area contributed by atoms with E-state index in [1.165, 1.54) is 7.11 Å². The Kier molecular flexibility index (Phi) is 10.8. The maximum atomic E-state index is 12.4. The van der Waals surface area contributed by atoms with Gasteiger partial charge in [-0.25, -0.2) is 0 Å². The lowest BCUT2D eigenvalue weighted by Gasteiger charge is -2.22. The van der Waals surface area contributed by atoms with Gasteiger partial charge in [0, 0.05) is 18.8 Å². The molecule has 4 atom stereocenters. The Bertz CT molecular complexity index is 669. The molecule has 1 aromatic carbocycles. The smallest absolute Gasteiger partial charge is 0.305 e. The number of carbonyl (C=O) groups is 2. The first-order valence-corrected chi connectivity index (χ1v) is 11.2. The number of esters is 1. The third kappa shape index (κ3) is 8.04. The zero-order chi connectivity index (χ0) is 21.8. The molecule has 0 bridgehead atoms. The Labute approximate surface area is 180 Å². The number of ketones is 1. The van der Waals surface area contributed by atoms with Gasteiger partial charge in [-0.1, -0.05) is 68.7 Å². The fourth-order valence-corrected chi connectivity index (χ4v) is 4.03. The second-order valence-electron chi connectivity index (χ2n) is 8.09. The fourth-order valence-electron chi connectivity index (χ4n) is 4.03. The Balaban J connectivity index is 1.97. The average Bonchev–Trinajstić information content (AvgIpc) is 3.14. The number of unbranched alkanes of at least 4 members (excludes halogenated alkanes) is 2. The maximum Gasteiger partial charge on any atom is 0.305 e. The molecule has 2 unspecified atom stereocenters. The summed E-state index contributed by atoms with van der Waals surface area (Å²) < 4.78 is 10.8. The van der Waals surface area contributed by atoms with Gasteiger partial charge in [0.05, 0.1) is 25.9 Å². The summed E-state index contributed by atoms with van der Waals surface area (Å²) in [6, 6.07) is 10.1. The molecule has 0 radical (unpaired) electrons. The molecule has 1 aliphatic rings. The molecule has 2 rings (SSSR count). The molecule has 0 saturated heterocycles. The van der Waals surface area contributed by atoms with Crippen LogP contribution in [-0.2, 0) is 25.7 Å². The van der Waals surface area contributed by atoms with E-state index in [0.29, 0.717) is 13.0 Å². The molecule has 0 amide bonds. The van der Waals surface area contributed by atoms with Crippen LogP contribution >= 0.6 is 0 Å². The van der Waals surface area contributed by atoms with Crippen LogP contribution in [0.5, 0.6) is 0 Å². The minimum Gasteiger partial charge on any atom is -0.469 e. The van der Waals surface area contributed by atoms with Crippen molar-refractivity contribution in [2.24, 2.45) is 11.8 Å². The van der Waals surface area contributed by atoms with Crippen molar-refractivity contribution in [1.82, 2.24) is 0 Å². The van der Waals surface area contributed by atoms with Crippen LogP contribution in [-0.4, -0.2) is 36.2 Å². The van der Waals surface area contributed by atoms with Gasteiger partial charge in [-0.05, 0) is 30.7 Å². The van der Waals surface area contributed by atoms with Crippen molar-refractivity contribution >= 4 is 11.8 Å². The first-order valence-electron chi connectivity index (χ1n) is 11.2. The molecule has 0 spiro atoms. The van der Waals surface area contributed by atoms with E-state index < -0.39 is 12.0 Å². The fraction of sp³-hybridized carbons (Fsp3) is 0.600. The number of benzene rings is 1. The SMILES string of the molecule is CCCCCC(/C=C/[C@@H]1CCC(=O)[C@H]1C(O)CCC(=O)OC)OCc1ccccc1. The van der Waals surface area contributed by atoms with E-state index in [4.69, 9.17) is 4.74 Å². The van der Waals surface area contributed by atoms with Gasteiger partial charge >= 0.3 is 5.97 Å². The molecule has 1 fully saturated rings. The van der Waals surface area contributed by atoms with Crippen LogP contribution in [0.2, 0.25) is 0 Å². The third-order valence-electron chi connectivity index (χ3n) is 5.82. The molecule has 0 aliphatic heterocycles. The van der Waals surface area contributed by atoms with E-state index in [9.17, 15) is 14.7 Å². The third-order valence-corrected chi connectivity index (χ3v) is 5.82. The second kappa shape index (κ2) is 13.3. The molecular weight excluding hydrogens is 380 g/mol. The van der Waals surface area contributed by atoms with Crippen molar-refractivity contribution in [3.05, 3.63) is 48.0 Å². The minimum atomic E-state index is -0.822. The van der Waals surface area contributed by atoms with Crippen LogP contribution in [0.25, 0.3) is 0 Å². The molecule has 5 heteroatoms. The molecule has 1 saturated carbocycles. The lowest BCUT2D eigenvalue weighted by Crippen LogP contribution is -2.29. The Morgan fingerprint density at radius 1 is 1.23 bits per heavy atom. The topological polar surface area (TPSA) is 72.8 Å². The summed E-state index contributed by atoms with van der Waals surface area (Å²) in [7, 11) is 1.33. The van der Waals surface area contributed by atoms with Crippen LogP contribution in [0.3, 0.4) is 0 Å². The first kappa shape index (κ1) is 24.3. The zero-order valence-corrected chi connectivity index (χ0v) is 18.3. The molecule has 1 aliphatic carbocycles. The van der Waals surface area contributed by atoms with Crippen LogP contribution < -0.4 is 0 Å². The van der Waals surface area contributed by atoms with Gasteiger partial charge in [0.15, 0.2) is 0 Å². The van der Waals surface area contributed by atoms with Gasteiger partial charge in [-0.2, -0.15) is 0 Å². The normalized spacial score (nSPS) is 21.1. The summed E-state index contributed by atoms with van der Waals surface area (Å²) in [4.78, 5) is 23.7. The average molecular weight is 417 g/mol. The van der Waals surface area contributed by atoms with E-state index in [-0.39, 0.29) is 36.6 Å². The lowest BCUT2D eigenvalue weighted by molar-refractivity contribution is -0.142. The van der Waals surface area contributed by atoms with E-state index in [2.05, 4.69) is 35.9 Å². The van der Waals surface area contributed by atoms with Gasteiger partial charge in [-0.15, -0.1) is 0 Å². The molecule has 166 valence electrons. The molecule has 0 heterocycles. The van der Waals surface area contributed by atoms with Crippen LogP contribution in [0, 0.1) is 11.8 Å². The van der Waals surface area contributed by atoms with E-state index in [1.807, 2.05) is 18.2 Å². The number of hydrogen-bond donors (Lipinski definition) is 1. The van der Waals surface area contributed by atoms with Gasteiger partial charge < -0.3 is 14.6 Å². The van der Waals surface area contributed by atoms with E-state index >= 15 is 0 Å². The van der Waals surface area contributed by atoms with Gasteiger partial charge in [0.2, 0.25) is 0 Å². The Morgan fingerprint density at radius 2 is 2.00 bits per heavy atom. The van der Waals surface area contributed by atoms with Crippen molar-refractivity contribution < 1.29 is 24.2 Å². The van der Waals surface area contributed by atoms with Crippen molar-refractivity contribution in [2.45, 2.75) is 77.1 Å². The molecule has 1 N–H and O–H groups in total. The summed E-state index contributed by atoms with van der Waals surface area (Å²) in [6.45, 7) is 2.73. The Hall–Kier alpha value is -1.98. The lowest BCUT2D eigenvalue weighted by atomic mass is 9.87. The molecular formula is C25H36O5. The zero-order valence-electron chi connectivity index (χ0n) is 18.3. The number of methoxy groups -OCH3 is 1. The van der Waals surface area contributed by atoms with Crippen molar-refractivity contribution in [1.29, 1.82) is 0 Å². The van der Waals surface area contributed by atoms with Crippen molar-refractivity contribution in [3.8, 4) is 0 Å². The van der Waals surface area contributed by atoms with E-state index in [1.54, 1.807) is 0 Å². The summed E-state index contributed by atoms with van der Waals surface area (Å²) in [5.41, 5.74) is 1.14. The largest absolute Gasteiger partial charge is 0.469 e. The molecule has 0 aromatic heterocycles. The predicted octanol–water partition coefficient (Wildman–Crippen LogP) is 4.62. The summed E-state index contributed by atoms with van der Waals surface area (Å²) >= 11 is 0. The number of hydrogen-bond acceptors (Lipinski definition) is 5. The number of ether oxygens (including phenoxy) is 2. The number of rotatable bonds is 13. The van der Waals surface area contributed by atoms with Crippen molar-refractivity contribution in [3.63, 3.8) is 0 Å². The monoisotopic (exact) mass is 416 g/mol. The molecule has 5 nitrogen and oxygen atoms in total. The number of Topliss-reactive ketones (excluding diaryl/α,β-unsaturated/α-hetero) is 1. The number of carbonyl (C=O) groups excluding carboxylic acids is 2. The van der Waals surface area contributed by atoms with Gasteiger partial charge in [0.25, 0.3) is 0 Å². The number of allylic oxidation sites excluding steroid dienone is 1.